The second-order valence-electron chi connectivity index (χ2n) is 6.60. The van der Waals surface area contributed by atoms with E-state index in [1.165, 1.54) is 5.56 Å². The van der Waals surface area contributed by atoms with Gasteiger partial charge in [0.05, 0.1) is 11.5 Å². The minimum absolute atomic E-state index is 0.0126. The minimum atomic E-state index is -3.04. The highest BCUT2D eigenvalue weighted by Gasteiger charge is 2.29. The maximum Gasteiger partial charge on any atom is 0.270 e. The molecule has 26 heavy (non-hydrogen) atoms. The van der Waals surface area contributed by atoms with Crippen LogP contribution in [0.4, 0.5) is 5.82 Å². The number of rotatable bonds is 5. The molecule has 1 unspecified atom stereocenters. The molecule has 8 heteroatoms. The Morgan fingerprint density at radius 2 is 2.04 bits per heavy atom. The van der Waals surface area contributed by atoms with Crippen molar-refractivity contribution >= 4 is 21.6 Å². The van der Waals surface area contributed by atoms with E-state index < -0.39 is 9.84 Å². The van der Waals surface area contributed by atoms with Crippen molar-refractivity contribution in [1.82, 2.24) is 15.3 Å². The van der Waals surface area contributed by atoms with Crippen molar-refractivity contribution in [3.63, 3.8) is 0 Å². The van der Waals surface area contributed by atoms with Crippen molar-refractivity contribution in [3.05, 3.63) is 53.0 Å². The summed E-state index contributed by atoms with van der Waals surface area (Å²) in [5.41, 5.74) is 2.52. The molecule has 1 aliphatic rings. The first-order valence-corrected chi connectivity index (χ1v) is 10.3. The molecule has 1 atom stereocenters. The van der Waals surface area contributed by atoms with Crippen LogP contribution in [0, 0.1) is 13.8 Å². The Bertz CT molecular complexity index is 928. The van der Waals surface area contributed by atoms with Gasteiger partial charge in [-0.05, 0) is 25.8 Å². The van der Waals surface area contributed by atoms with Gasteiger partial charge >= 0.3 is 0 Å². The van der Waals surface area contributed by atoms with E-state index in [4.69, 9.17) is 0 Å². The van der Waals surface area contributed by atoms with Crippen LogP contribution in [0.25, 0.3) is 0 Å². The van der Waals surface area contributed by atoms with Crippen LogP contribution in [-0.4, -0.2) is 41.8 Å². The number of sulfone groups is 1. The Labute approximate surface area is 153 Å². The molecule has 1 amide bonds. The molecule has 1 saturated heterocycles. The summed E-state index contributed by atoms with van der Waals surface area (Å²) in [6, 6.07) is 9.35. The van der Waals surface area contributed by atoms with Crippen molar-refractivity contribution in [1.29, 1.82) is 0 Å². The quantitative estimate of drug-likeness (QED) is 0.825. The standard InChI is InChI=1S/C18H22N4O3S/c1-12-4-3-5-14(8-12)10-19-17-9-16(20-13(2)21-17)18(23)22-15-6-7-26(24,25)11-15/h3-5,8-9,15H,6-7,10-11H2,1-2H3,(H,22,23)(H,19,20,21). The summed E-state index contributed by atoms with van der Waals surface area (Å²) >= 11 is 0. The Morgan fingerprint density at radius 3 is 2.73 bits per heavy atom. The zero-order valence-corrected chi connectivity index (χ0v) is 15.6. The third kappa shape index (κ3) is 4.78. The monoisotopic (exact) mass is 374 g/mol. The van der Waals surface area contributed by atoms with E-state index in [1.54, 1.807) is 13.0 Å². The van der Waals surface area contributed by atoms with E-state index in [1.807, 2.05) is 25.1 Å². The summed E-state index contributed by atoms with van der Waals surface area (Å²) in [4.78, 5) is 20.9. The summed E-state index contributed by atoms with van der Waals surface area (Å²) in [5.74, 6) is 0.758. The minimum Gasteiger partial charge on any atom is -0.366 e. The molecule has 0 radical (unpaired) electrons. The summed E-state index contributed by atoms with van der Waals surface area (Å²) in [5, 5.41) is 5.95. The first-order chi connectivity index (χ1) is 12.3. The zero-order chi connectivity index (χ0) is 18.7. The fourth-order valence-corrected chi connectivity index (χ4v) is 4.63. The lowest BCUT2D eigenvalue weighted by Crippen LogP contribution is -2.36. The van der Waals surface area contributed by atoms with Gasteiger partial charge in [0.2, 0.25) is 0 Å². The molecule has 1 fully saturated rings. The van der Waals surface area contributed by atoms with Crippen molar-refractivity contribution < 1.29 is 13.2 Å². The average molecular weight is 374 g/mol. The van der Waals surface area contributed by atoms with Crippen LogP contribution >= 0.6 is 0 Å². The second kappa shape index (κ2) is 7.41. The number of nitrogens with one attached hydrogen (secondary N) is 2. The van der Waals surface area contributed by atoms with Crippen molar-refractivity contribution in [2.45, 2.75) is 32.9 Å². The molecule has 1 aromatic heterocycles. The summed E-state index contributed by atoms with van der Waals surface area (Å²) in [6.07, 6.45) is 0.441. The molecule has 0 spiro atoms. The lowest BCUT2D eigenvalue weighted by molar-refractivity contribution is 0.0935. The predicted octanol–water partition coefficient (Wildman–Crippen LogP) is 1.62. The summed E-state index contributed by atoms with van der Waals surface area (Å²) in [6.45, 7) is 4.33. The average Bonchev–Trinajstić information content (AvgIpc) is 2.91. The van der Waals surface area contributed by atoms with Crippen molar-refractivity contribution in [3.8, 4) is 0 Å². The van der Waals surface area contributed by atoms with E-state index >= 15 is 0 Å². The van der Waals surface area contributed by atoms with Crippen LogP contribution in [0.5, 0.6) is 0 Å². The number of amides is 1. The van der Waals surface area contributed by atoms with Gasteiger partial charge in [0, 0.05) is 18.7 Å². The Kier molecular flexibility index (Phi) is 5.22. The molecule has 0 saturated carbocycles. The lowest BCUT2D eigenvalue weighted by Gasteiger charge is -2.12. The van der Waals surface area contributed by atoms with Gasteiger partial charge < -0.3 is 10.6 Å². The van der Waals surface area contributed by atoms with Crippen LogP contribution in [0.3, 0.4) is 0 Å². The third-order valence-corrected chi connectivity index (χ3v) is 5.96. The maximum atomic E-state index is 12.4. The van der Waals surface area contributed by atoms with Gasteiger partial charge in [0.15, 0.2) is 9.84 Å². The molecule has 1 aliphatic heterocycles. The number of benzene rings is 1. The normalized spacial score (nSPS) is 18.5. The van der Waals surface area contributed by atoms with Crippen molar-refractivity contribution in [2.75, 3.05) is 16.8 Å². The molecule has 2 N–H and O–H groups in total. The molecule has 138 valence electrons. The SMILES string of the molecule is Cc1cccc(CNc2cc(C(=O)NC3CCS(=O)(=O)C3)nc(C)n2)c1. The third-order valence-electron chi connectivity index (χ3n) is 4.19. The molecule has 3 rings (SSSR count). The van der Waals surface area contributed by atoms with Crippen LogP contribution in [0.15, 0.2) is 30.3 Å². The number of hydrogen-bond donors (Lipinski definition) is 2. The molecule has 1 aromatic carbocycles. The van der Waals surface area contributed by atoms with E-state index in [2.05, 4.69) is 26.7 Å². The number of aromatic nitrogens is 2. The molecule has 2 heterocycles. The van der Waals surface area contributed by atoms with E-state index in [9.17, 15) is 13.2 Å². The van der Waals surface area contributed by atoms with Gasteiger partial charge in [-0.1, -0.05) is 29.8 Å². The first kappa shape index (κ1) is 18.3. The first-order valence-electron chi connectivity index (χ1n) is 8.47. The smallest absolute Gasteiger partial charge is 0.270 e. The summed E-state index contributed by atoms with van der Waals surface area (Å²) < 4.78 is 23.0. The molecule has 7 nitrogen and oxygen atoms in total. The number of nitrogens with zero attached hydrogens (tertiary/aromatic N) is 2. The van der Waals surface area contributed by atoms with Gasteiger partial charge in [-0.2, -0.15) is 0 Å². The van der Waals surface area contributed by atoms with Gasteiger partial charge in [-0.15, -0.1) is 0 Å². The maximum absolute atomic E-state index is 12.4. The van der Waals surface area contributed by atoms with E-state index in [0.717, 1.165) is 5.56 Å². The molecule has 2 aromatic rings. The highest BCUT2D eigenvalue weighted by molar-refractivity contribution is 7.91. The Morgan fingerprint density at radius 1 is 1.23 bits per heavy atom. The van der Waals surface area contributed by atoms with Crippen LogP contribution < -0.4 is 10.6 Å². The Balaban J connectivity index is 1.68. The van der Waals surface area contributed by atoms with Crippen molar-refractivity contribution in [2.24, 2.45) is 0 Å². The fourth-order valence-electron chi connectivity index (χ4n) is 2.96. The summed E-state index contributed by atoms with van der Waals surface area (Å²) in [7, 11) is -3.04. The van der Waals surface area contributed by atoms with Crippen LogP contribution in [0.2, 0.25) is 0 Å². The molecule has 0 aliphatic carbocycles. The zero-order valence-electron chi connectivity index (χ0n) is 14.8. The number of aryl methyl sites for hydroxylation is 2. The van der Waals surface area contributed by atoms with Crippen LogP contribution in [0.1, 0.15) is 33.9 Å². The second-order valence-corrected chi connectivity index (χ2v) is 8.83. The van der Waals surface area contributed by atoms with Gasteiger partial charge in [0.1, 0.15) is 17.3 Å². The highest BCUT2D eigenvalue weighted by Crippen LogP contribution is 2.14. The topological polar surface area (TPSA) is 101 Å². The number of carbonyl (C=O) groups is 1. The van der Waals surface area contributed by atoms with E-state index in [0.29, 0.717) is 24.6 Å². The molecule has 0 bridgehead atoms. The highest BCUT2D eigenvalue weighted by atomic mass is 32.2. The van der Waals surface area contributed by atoms with Gasteiger partial charge in [-0.25, -0.2) is 18.4 Å². The van der Waals surface area contributed by atoms with Gasteiger partial charge in [0.25, 0.3) is 5.91 Å². The Hall–Kier alpha value is -2.48. The van der Waals surface area contributed by atoms with Crippen LogP contribution in [-0.2, 0) is 16.4 Å². The fraction of sp³-hybridized carbons (Fsp3) is 0.389. The largest absolute Gasteiger partial charge is 0.366 e. The molecular weight excluding hydrogens is 352 g/mol. The number of anilines is 1. The predicted molar refractivity (Wildman–Crippen MR) is 99.8 cm³/mol. The number of carbonyl (C=O) groups excluding carboxylic acids is 1. The number of hydrogen-bond acceptors (Lipinski definition) is 6. The van der Waals surface area contributed by atoms with E-state index in [-0.39, 0.29) is 29.1 Å². The molecular formula is C18H22N4O3S. The lowest BCUT2D eigenvalue weighted by atomic mass is 10.1. The van der Waals surface area contributed by atoms with Gasteiger partial charge in [-0.3, -0.25) is 4.79 Å².